The molecule has 0 fully saturated rings. The van der Waals surface area contributed by atoms with Gasteiger partial charge in [-0.1, -0.05) is 27.7 Å². The van der Waals surface area contributed by atoms with Crippen LogP contribution in [0.4, 0.5) is 5.69 Å². The van der Waals surface area contributed by atoms with E-state index in [1.807, 2.05) is 13.8 Å². The lowest BCUT2D eigenvalue weighted by atomic mass is 10.0. The molecule has 1 aliphatic rings. The molecule has 1 heterocycles. The van der Waals surface area contributed by atoms with E-state index in [2.05, 4.69) is 13.8 Å². The van der Waals surface area contributed by atoms with Gasteiger partial charge in [-0.25, -0.2) is 0 Å². The van der Waals surface area contributed by atoms with Crippen molar-refractivity contribution in [3.63, 3.8) is 0 Å². The lowest BCUT2D eigenvalue weighted by Crippen LogP contribution is -2.48. The Kier molecular flexibility index (Phi) is 4.89. The van der Waals surface area contributed by atoms with Gasteiger partial charge in [0.15, 0.2) is 11.9 Å². The summed E-state index contributed by atoms with van der Waals surface area (Å²) in [6, 6.07) is 5.33. The zero-order valence-corrected chi connectivity index (χ0v) is 14.1. The van der Waals surface area contributed by atoms with Gasteiger partial charge in [0.25, 0.3) is 5.91 Å². The number of nitrogens with zero attached hydrogens (tertiary/aromatic N) is 1. The highest BCUT2D eigenvalue weighted by Gasteiger charge is 2.36. The van der Waals surface area contributed by atoms with Gasteiger partial charge in [0.05, 0.1) is 5.69 Å². The third kappa shape index (κ3) is 3.32. The van der Waals surface area contributed by atoms with E-state index in [1.165, 1.54) is 6.92 Å². The lowest BCUT2D eigenvalue weighted by Gasteiger charge is -2.36. The van der Waals surface area contributed by atoms with Gasteiger partial charge in [-0.2, -0.15) is 0 Å². The zero-order chi connectivity index (χ0) is 16.4. The normalized spacial score (nSPS) is 17.7. The molecule has 1 atom stereocenters. The van der Waals surface area contributed by atoms with Crippen LogP contribution in [0.2, 0.25) is 0 Å². The first kappa shape index (κ1) is 16.5. The molecule has 120 valence electrons. The Hall–Kier alpha value is -1.84. The summed E-state index contributed by atoms with van der Waals surface area (Å²) in [5.74, 6) is 1.28. The van der Waals surface area contributed by atoms with Crippen LogP contribution in [0.5, 0.6) is 5.75 Å². The van der Waals surface area contributed by atoms with Crippen LogP contribution < -0.4 is 9.64 Å². The summed E-state index contributed by atoms with van der Waals surface area (Å²) in [4.78, 5) is 26.1. The van der Waals surface area contributed by atoms with Gasteiger partial charge in [-0.15, -0.1) is 0 Å². The lowest BCUT2D eigenvalue weighted by molar-refractivity contribution is -0.128. The van der Waals surface area contributed by atoms with Crippen LogP contribution in [-0.2, 0) is 4.79 Å². The first-order valence-electron chi connectivity index (χ1n) is 7.94. The third-order valence-corrected chi connectivity index (χ3v) is 3.96. The van der Waals surface area contributed by atoms with Crippen molar-refractivity contribution in [2.45, 2.75) is 47.1 Å². The van der Waals surface area contributed by atoms with Crippen LogP contribution in [0.1, 0.15) is 51.4 Å². The van der Waals surface area contributed by atoms with Crippen LogP contribution in [0.15, 0.2) is 18.2 Å². The van der Waals surface area contributed by atoms with Crippen LogP contribution in [0.3, 0.4) is 0 Å². The van der Waals surface area contributed by atoms with Gasteiger partial charge in [0.2, 0.25) is 0 Å². The summed E-state index contributed by atoms with van der Waals surface area (Å²) in [6.45, 7) is 10.4. The highest BCUT2D eigenvalue weighted by molar-refractivity contribution is 6.02. The van der Waals surface area contributed by atoms with Crippen molar-refractivity contribution in [3.8, 4) is 5.75 Å². The maximum Gasteiger partial charge on any atom is 0.268 e. The second-order valence-corrected chi connectivity index (χ2v) is 6.69. The molecule has 1 aromatic rings. The molecule has 0 aromatic heterocycles. The van der Waals surface area contributed by atoms with Crippen molar-refractivity contribution in [2.75, 3.05) is 11.4 Å². The van der Waals surface area contributed by atoms with Gasteiger partial charge >= 0.3 is 0 Å². The smallest absolute Gasteiger partial charge is 0.268 e. The van der Waals surface area contributed by atoms with Crippen molar-refractivity contribution >= 4 is 17.4 Å². The fraction of sp³-hybridized carbons (Fsp3) is 0.556. The zero-order valence-electron chi connectivity index (χ0n) is 14.1. The van der Waals surface area contributed by atoms with Crippen LogP contribution in [0.25, 0.3) is 0 Å². The van der Waals surface area contributed by atoms with E-state index in [4.69, 9.17) is 4.74 Å². The predicted molar refractivity (Wildman–Crippen MR) is 87.5 cm³/mol. The minimum Gasteiger partial charge on any atom is -0.478 e. The molecule has 0 saturated heterocycles. The average molecular weight is 303 g/mol. The Bertz CT molecular complexity index is 578. The molecule has 4 nitrogen and oxygen atoms in total. The Labute approximate surface area is 132 Å². The van der Waals surface area contributed by atoms with Gasteiger partial charge < -0.3 is 9.64 Å². The van der Waals surface area contributed by atoms with Crippen molar-refractivity contribution in [2.24, 2.45) is 11.8 Å². The first-order chi connectivity index (χ1) is 10.3. The monoisotopic (exact) mass is 303 g/mol. The molecular weight excluding hydrogens is 278 g/mol. The number of fused-ring (bicyclic) bond motifs is 1. The summed E-state index contributed by atoms with van der Waals surface area (Å²) in [7, 11) is 0. The Morgan fingerprint density at radius 3 is 2.50 bits per heavy atom. The second kappa shape index (κ2) is 6.51. The molecule has 0 saturated carbocycles. The number of hydrogen-bond acceptors (Lipinski definition) is 3. The number of hydrogen-bond donors (Lipinski definition) is 0. The highest BCUT2D eigenvalue weighted by Crippen LogP contribution is 2.37. The van der Waals surface area contributed by atoms with E-state index in [9.17, 15) is 9.59 Å². The Morgan fingerprint density at radius 2 is 1.95 bits per heavy atom. The van der Waals surface area contributed by atoms with Crippen LogP contribution in [-0.4, -0.2) is 24.3 Å². The van der Waals surface area contributed by atoms with E-state index in [0.29, 0.717) is 23.8 Å². The maximum atomic E-state index is 12.7. The van der Waals surface area contributed by atoms with Gasteiger partial charge in [0.1, 0.15) is 5.75 Å². The minimum absolute atomic E-state index is 0.00922. The summed E-state index contributed by atoms with van der Waals surface area (Å²) < 4.78 is 5.87. The van der Waals surface area contributed by atoms with Crippen molar-refractivity contribution in [1.29, 1.82) is 0 Å². The first-order valence-corrected chi connectivity index (χ1v) is 7.94. The molecule has 0 N–H and O–H groups in total. The molecule has 1 unspecified atom stereocenters. The quantitative estimate of drug-likeness (QED) is 0.779. The third-order valence-electron chi connectivity index (χ3n) is 3.96. The SMILES string of the molecule is CC(=O)c1ccc2c(c1)N(CCC(C)C)C(=O)C(C(C)C)O2. The van der Waals surface area contributed by atoms with E-state index < -0.39 is 6.10 Å². The number of benzene rings is 1. The number of carbonyl (C=O) groups excluding carboxylic acids is 2. The summed E-state index contributed by atoms with van der Waals surface area (Å²) in [5, 5.41) is 0. The van der Waals surface area contributed by atoms with E-state index in [-0.39, 0.29) is 17.6 Å². The maximum absolute atomic E-state index is 12.7. The van der Waals surface area contributed by atoms with Crippen LogP contribution >= 0.6 is 0 Å². The summed E-state index contributed by atoms with van der Waals surface area (Å²) in [5.41, 5.74) is 1.32. The second-order valence-electron chi connectivity index (χ2n) is 6.69. The molecule has 2 rings (SSSR count). The van der Waals surface area contributed by atoms with Crippen molar-refractivity contribution < 1.29 is 14.3 Å². The number of rotatable bonds is 5. The van der Waals surface area contributed by atoms with E-state index >= 15 is 0 Å². The fourth-order valence-electron chi connectivity index (χ4n) is 2.55. The van der Waals surface area contributed by atoms with E-state index in [0.717, 1.165) is 12.1 Å². The molecule has 4 heteroatoms. The number of carbonyl (C=O) groups is 2. The van der Waals surface area contributed by atoms with Gasteiger partial charge in [0, 0.05) is 12.1 Å². The molecule has 1 amide bonds. The predicted octanol–water partition coefficient (Wildman–Crippen LogP) is 3.69. The number of ketones is 1. The minimum atomic E-state index is -0.456. The molecule has 0 radical (unpaired) electrons. The topological polar surface area (TPSA) is 46.6 Å². The van der Waals surface area contributed by atoms with Crippen molar-refractivity contribution in [1.82, 2.24) is 0 Å². The Morgan fingerprint density at radius 1 is 1.27 bits per heavy atom. The Balaban J connectivity index is 2.42. The number of amides is 1. The highest BCUT2D eigenvalue weighted by atomic mass is 16.5. The standard InChI is InChI=1S/C18H25NO3/c1-11(2)8-9-19-15-10-14(13(5)20)6-7-16(15)22-17(12(3)4)18(19)21/h6-7,10-12,17H,8-9H2,1-5H3. The molecular formula is C18H25NO3. The number of ether oxygens (including phenoxy) is 1. The number of Topliss-reactive ketones (excluding diaryl/α,β-unsaturated/α-hetero) is 1. The molecule has 1 aliphatic heterocycles. The number of anilines is 1. The molecule has 0 spiro atoms. The largest absolute Gasteiger partial charge is 0.478 e. The summed E-state index contributed by atoms with van der Waals surface area (Å²) >= 11 is 0. The molecule has 0 bridgehead atoms. The van der Waals surface area contributed by atoms with Crippen molar-refractivity contribution in [3.05, 3.63) is 23.8 Å². The van der Waals surface area contributed by atoms with Gasteiger partial charge in [-0.3, -0.25) is 9.59 Å². The van der Waals surface area contributed by atoms with E-state index in [1.54, 1.807) is 23.1 Å². The molecule has 22 heavy (non-hydrogen) atoms. The fourth-order valence-corrected chi connectivity index (χ4v) is 2.55. The molecule has 0 aliphatic carbocycles. The average Bonchev–Trinajstić information content (AvgIpc) is 2.44. The molecule has 1 aromatic carbocycles. The summed E-state index contributed by atoms with van der Waals surface area (Å²) in [6.07, 6.45) is 0.461. The van der Waals surface area contributed by atoms with Gasteiger partial charge in [-0.05, 0) is 43.4 Å². The van der Waals surface area contributed by atoms with Crippen LogP contribution in [0, 0.1) is 11.8 Å².